The summed E-state index contributed by atoms with van der Waals surface area (Å²) in [6.07, 6.45) is 1.94. The standard InChI is InChI=1S/C14H19ClN2/c1-10(2)8-14-16-12-5-4-11(6-7-15)9-13(12)17(14)3/h4-5,9-10H,6-8H2,1-3H3. The molecule has 17 heavy (non-hydrogen) atoms. The van der Waals surface area contributed by atoms with Gasteiger partial charge in [-0.1, -0.05) is 19.9 Å². The van der Waals surface area contributed by atoms with Gasteiger partial charge in [-0.05, 0) is 30.0 Å². The molecular weight excluding hydrogens is 232 g/mol. The van der Waals surface area contributed by atoms with Crippen molar-refractivity contribution in [3.8, 4) is 0 Å². The Bertz CT molecular complexity index is 514. The summed E-state index contributed by atoms with van der Waals surface area (Å²) in [7, 11) is 2.09. The molecule has 0 saturated carbocycles. The predicted molar refractivity (Wildman–Crippen MR) is 73.7 cm³/mol. The van der Waals surface area contributed by atoms with Crippen molar-refractivity contribution in [1.29, 1.82) is 0 Å². The Balaban J connectivity index is 2.43. The molecule has 1 aromatic heterocycles. The summed E-state index contributed by atoms with van der Waals surface area (Å²) in [5.74, 6) is 2.47. The molecule has 1 heterocycles. The van der Waals surface area contributed by atoms with Crippen molar-refractivity contribution in [2.45, 2.75) is 26.7 Å². The number of halogens is 1. The Morgan fingerprint density at radius 1 is 1.35 bits per heavy atom. The van der Waals surface area contributed by atoms with Crippen LogP contribution < -0.4 is 0 Å². The second-order valence-corrected chi connectivity index (χ2v) is 5.33. The maximum atomic E-state index is 5.78. The summed E-state index contributed by atoms with van der Waals surface area (Å²) in [4.78, 5) is 4.68. The minimum Gasteiger partial charge on any atom is -0.331 e. The molecule has 92 valence electrons. The van der Waals surface area contributed by atoms with E-state index in [1.54, 1.807) is 0 Å². The van der Waals surface area contributed by atoms with Crippen molar-refractivity contribution in [2.24, 2.45) is 13.0 Å². The van der Waals surface area contributed by atoms with Crippen LogP contribution in [0.4, 0.5) is 0 Å². The molecule has 0 fully saturated rings. The number of imidazole rings is 1. The SMILES string of the molecule is CC(C)Cc1nc2ccc(CCCl)cc2n1C. The van der Waals surface area contributed by atoms with E-state index in [2.05, 4.69) is 48.6 Å². The summed E-state index contributed by atoms with van der Waals surface area (Å²) in [5, 5.41) is 0. The van der Waals surface area contributed by atoms with Crippen LogP contribution in [0.25, 0.3) is 11.0 Å². The third kappa shape index (κ3) is 2.63. The summed E-state index contributed by atoms with van der Waals surface area (Å²) >= 11 is 5.78. The van der Waals surface area contributed by atoms with Crippen molar-refractivity contribution >= 4 is 22.6 Å². The zero-order valence-electron chi connectivity index (χ0n) is 10.7. The molecule has 0 aliphatic heterocycles. The Labute approximate surface area is 108 Å². The molecule has 0 aliphatic rings. The fraction of sp³-hybridized carbons (Fsp3) is 0.500. The lowest BCUT2D eigenvalue weighted by Crippen LogP contribution is -2.02. The Kier molecular flexibility index (Phi) is 3.72. The van der Waals surface area contributed by atoms with E-state index in [9.17, 15) is 0 Å². The molecule has 1 aromatic carbocycles. The Morgan fingerprint density at radius 3 is 2.76 bits per heavy atom. The van der Waals surface area contributed by atoms with E-state index in [1.165, 1.54) is 11.1 Å². The number of aryl methyl sites for hydroxylation is 2. The van der Waals surface area contributed by atoms with Gasteiger partial charge in [-0.2, -0.15) is 0 Å². The molecule has 0 aliphatic carbocycles. The van der Waals surface area contributed by atoms with Gasteiger partial charge in [0.05, 0.1) is 11.0 Å². The summed E-state index contributed by atoms with van der Waals surface area (Å²) in [6, 6.07) is 6.42. The average Bonchev–Trinajstić information content (AvgIpc) is 2.56. The monoisotopic (exact) mass is 250 g/mol. The molecule has 0 radical (unpaired) electrons. The smallest absolute Gasteiger partial charge is 0.109 e. The molecule has 0 N–H and O–H groups in total. The fourth-order valence-corrected chi connectivity index (χ4v) is 2.32. The van der Waals surface area contributed by atoms with Crippen LogP contribution >= 0.6 is 11.6 Å². The molecule has 0 atom stereocenters. The quantitative estimate of drug-likeness (QED) is 0.759. The van der Waals surface area contributed by atoms with Crippen LogP contribution in [-0.4, -0.2) is 15.4 Å². The number of fused-ring (bicyclic) bond motifs is 1. The molecule has 0 spiro atoms. The topological polar surface area (TPSA) is 17.8 Å². The van der Waals surface area contributed by atoms with Crippen LogP contribution in [0, 0.1) is 5.92 Å². The van der Waals surface area contributed by atoms with E-state index in [1.807, 2.05) is 0 Å². The minimum atomic E-state index is 0.632. The predicted octanol–water partition coefficient (Wildman–Crippen LogP) is 3.55. The number of hydrogen-bond acceptors (Lipinski definition) is 1. The maximum Gasteiger partial charge on any atom is 0.109 e. The first-order valence-electron chi connectivity index (χ1n) is 6.12. The van der Waals surface area contributed by atoms with Crippen molar-refractivity contribution in [2.75, 3.05) is 5.88 Å². The number of benzene rings is 1. The van der Waals surface area contributed by atoms with Crippen molar-refractivity contribution in [1.82, 2.24) is 9.55 Å². The second kappa shape index (κ2) is 5.09. The van der Waals surface area contributed by atoms with E-state index < -0.39 is 0 Å². The lowest BCUT2D eigenvalue weighted by Gasteiger charge is -2.05. The van der Waals surface area contributed by atoms with Crippen LogP contribution in [0.15, 0.2) is 18.2 Å². The molecule has 0 saturated heterocycles. The lowest BCUT2D eigenvalue weighted by molar-refractivity contribution is 0.606. The average molecular weight is 251 g/mol. The largest absolute Gasteiger partial charge is 0.331 e. The number of alkyl halides is 1. The molecular formula is C14H19ClN2. The van der Waals surface area contributed by atoms with Crippen LogP contribution in [0.1, 0.15) is 25.2 Å². The van der Waals surface area contributed by atoms with E-state index >= 15 is 0 Å². The maximum absolute atomic E-state index is 5.78. The molecule has 2 aromatic rings. The molecule has 0 bridgehead atoms. The first-order valence-corrected chi connectivity index (χ1v) is 6.65. The van der Waals surface area contributed by atoms with Gasteiger partial charge in [0.2, 0.25) is 0 Å². The van der Waals surface area contributed by atoms with Crippen LogP contribution in [0.3, 0.4) is 0 Å². The summed E-state index contributed by atoms with van der Waals surface area (Å²) in [6.45, 7) is 4.44. The third-order valence-corrected chi connectivity index (χ3v) is 3.20. The molecule has 3 heteroatoms. The van der Waals surface area contributed by atoms with Crippen LogP contribution in [0.5, 0.6) is 0 Å². The highest BCUT2D eigenvalue weighted by Crippen LogP contribution is 2.19. The van der Waals surface area contributed by atoms with Gasteiger partial charge in [0.1, 0.15) is 5.82 Å². The van der Waals surface area contributed by atoms with Gasteiger partial charge in [-0.25, -0.2) is 4.98 Å². The van der Waals surface area contributed by atoms with Gasteiger partial charge >= 0.3 is 0 Å². The van der Waals surface area contributed by atoms with Crippen molar-refractivity contribution < 1.29 is 0 Å². The number of nitrogens with zero attached hydrogens (tertiary/aromatic N) is 2. The Morgan fingerprint density at radius 2 is 2.12 bits per heavy atom. The summed E-state index contributed by atoms with van der Waals surface area (Å²) in [5.41, 5.74) is 3.58. The van der Waals surface area contributed by atoms with Crippen LogP contribution in [0.2, 0.25) is 0 Å². The number of aromatic nitrogens is 2. The van der Waals surface area contributed by atoms with Gasteiger partial charge in [0.15, 0.2) is 0 Å². The summed E-state index contributed by atoms with van der Waals surface area (Å²) < 4.78 is 2.20. The number of hydrogen-bond donors (Lipinski definition) is 0. The minimum absolute atomic E-state index is 0.632. The van der Waals surface area contributed by atoms with Gasteiger partial charge < -0.3 is 4.57 Å². The highest BCUT2D eigenvalue weighted by molar-refractivity contribution is 6.18. The van der Waals surface area contributed by atoms with E-state index in [0.29, 0.717) is 11.8 Å². The van der Waals surface area contributed by atoms with Gasteiger partial charge in [-0.3, -0.25) is 0 Å². The normalized spacial score (nSPS) is 11.6. The first kappa shape index (κ1) is 12.4. The zero-order valence-corrected chi connectivity index (χ0v) is 11.5. The fourth-order valence-electron chi connectivity index (χ4n) is 2.10. The third-order valence-electron chi connectivity index (χ3n) is 3.01. The highest BCUT2D eigenvalue weighted by Gasteiger charge is 2.09. The van der Waals surface area contributed by atoms with Gasteiger partial charge in [-0.15, -0.1) is 11.6 Å². The van der Waals surface area contributed by atoms with Crippen LogP contribution in [-0.2, 0) is 19.9 Å². The van der Waals surface area contributed by atoms with E-state index in [0.717, 1.165) is 24.2 Å². The number of rotatable bonds is 4. The molecule has 2 nitrogen and oxygen atoms in total. The van der Waals surface area contributed by atoms with Crippen molar-refractivity contribution in [3.05, 3.63) is 29.6 Å². The highest BCUT2D eigenvalue weighted by atomic mass is 35.5. The van der Waals surface area contributed by atoms with Crippen molar-refractivity contribution in [3.63, 3.8) is 0 Å². The molecule has 0 amide bonds. The van der Waals surface area contributed by atoms with E-state index in [-0.39, 0.29) is 0 Å². The van der Waals surface area contributed by atoms with E-state index in [4.69, 9.17) is 11.6 Å². The lowest BCUT2D eigenvalue weighted by atomic mass is 10.1. The van der Waals surface area contributed by atoms with Gasteiger partial charge in [0.25, 0.3) is 0 Å². The zero-order chi connectivity index (χ0) is 12.4. The first-order chi connectivity index (χ1) is 8.11. The second-order valence-electron chi connectivity index (χ2n) is 4.95. The molecule has 2 rings (SSSR count). The van der Waals surface area contributed by atoms with Gasteiger partial charge in [0, 0.05) is 19.3 Å². The Hall–Kier alpha value is -1.02. The molecule has 0 unspecified atom stereocenters.